The number of carboxylic acid groups (broad SMARTS) is 2. The fourth-order valence-electron chi connectivity index (χ4n) is 4.45. The SMILES string of the molecule is CN1CCC(COCc2ccccn2)CC12CN(C(=O)c1cccc(C#N)c1)C2.O=C(O)C(F)(F)F.O=C(O)C(F)(F)F. The summed E-state index contributed by atoms with van der Waals surface area (Å²) in [5, 5.41) is 23.3. The normalized spacial score (nSPS) is 17.7. The fourth-order valence-corrected chi connectivity index (χ4v) is 4.45. The van der Waals surface area contributed by atoms with E-state index in [0.29, 0.717) is 23.7 Å². The number of carboxylic acids is 2. The lowest BCUT2D eigenvalue weighted by molar-refractivity contribution is -0.193. The number of amides is 1. The minimum absolute atomic E-state index is 0.00894. The number of ether oxygens (including phenoxy) is 1. The van der Waals surface area contributed by atoms with Gasteiger partial charge in [-0.2, -0.15) is 31.6 Å². The molecule has 1 aromatic carbocycles. The van der Waals surface area contributed by atoms with Gasteiger partial charge < -0.3 is 19.8 Å². The van der Waals surface area contributed by atoms with Crippen molar-refractivity contribution in [3.8, 4) is 6.07 Å². The molecular weight excluding hydrogens is 590 g/mol. The molecule has 2 aliphatic heterocycles. The van der Waals surface area contributed by atoms with Gasteiger partial charge >= 0.3 is 24.3 Å². The molecule has 2 fully saturated rings. The molecule has 0 bridgehead atoms. The van der Waals surface area contributed by atoms with Gasteiger partial charge in [0.2, 0.25) is 0 Å². The van der Waals surface area contributed by atoms with Gasteiger partial charge in [0, 0.05) is 24.8 Å². The Kier molecular flexibility index (Phi) is 12.0. The zero-order valence-corrected chi connectivity index (χ0v) is 22.7. The number of hydrogen-bond donors (Lipinski definition) is 2. The lowest BCUT2D eigenvalue weighted by Gasteiger charge is -2.58. The van der Waals surface area contributed by atoms with Crippen molar-refractivity contribution in [3.63, 3.8) is 0 Å². The molecule has 0 radical (unpaired) electrons. The van der Waals surface area contributed by atoms with E-state index in [1.807, 2.05) is 23.1 Å². The molecule has 1 atom stereocenters. The number of likely N-dealkylation sites (tertiary alicyclic amines) is 2. The van der Waals surface area contributed by atoms with Gasteiger partial charge in [0.1, 0.15) is 0 Å². The Morgan fingerprint density at radius 3 is 2.16 bits per heavy atom. The monoisotopic (exact) mass is 618 g/mol. The Morgan fingerprint density at radius 1 is 1.05 bits per heavy atom. The maximum atomic E-state index is 12.8. The summed E-state index contributed by atoms with van der Waals surface area (Å²) in [6.07, 6.45) is -6.23. The predicted octanol–water partition coefficient (Wildman–Crippen LogP) is 3.97. The van der Waals surface area contributed by atoms with Crippen LogP contribution >= 0.6 is 0 Å². The van der Waals surface area contributed by atoms with Gasteiger partial charge in [0.25, 0.3) is 5.91 Å². The maximum Gasteiger partial charge on any atom is 0.490 e. The van der Waals surface area contributed by atoms with E-state index >= 15 is 0 Å². The summed E-state index contributed by atoms with van der Waals surface area (Å²) < 4.78 is 69.4. The number of nitrogens with zero attached hydrogens (tertiary/aromatic N) is 4. The Labute approximate surface area is 242 Å². The fraction of sp³-hybridized carbons (Fsp3) is 0.444. The maximum absolute atomic E-state index is 12.8. The zero-order valence-electron chi connectivity index (χ0n) is 22.7. The number of hydrogen-bond acceptors (Lipinski definition) is 7. The van der Waals surface area contributed by atoms with Crippen LogP contribution < -0.4 is 0 Å². The number of halogens is 6. The third-order valence-corrected chi connectivity index (χ3v) is 6.66. The van der Waals surface area contributed by atoms with Crippen LogP contribution in [-0.2, 0) is 20.9 Å². The van der Waals surface area contributed by atoms with Gasteiger partial charge in [-0.25, -0.2) is 9.59 Å². The highest BCUT2D eigenvalue weighted by Crippen LogP contribution is 2.39. The van der Waals surface area contributed by atoms with Crippen molar-refractivity contribution in [2.75, 3.05) is 33.3 Å². The second-order valence-corrected chi connectivity index (χ2v) is 9.80. The Bertz CT molecular complexity index is 1270. The van der Waals surface area contributed by atoms with E-state index in [2.05, 4.69) is 23.0 Å². The lowest BCUT2D eigenvalue weighted by Crippen LogP contribution is -2.72. The number of piperidine rings is 1. The Balaban J connectivity index is 0.000000384. The van der Waals surface area contributed by atoms with E-state index in [9.17, 15) is 31.1 Å². The zero-order chi connectivity index (χ0) is 32.4. The number of aliphatic carboxylic acids is 2. The number of benzene rings is 1. The number of carbonyl (C=O) groups excluding carboxylic acids is 1. The van der Waals surface area contributed by atoms with E-state index in [0.717, 1.165) is 44.8 Å². The molecule has 1 spiro atoms. The standard InChI is InChI=1S/C23H26N4O2.2C2HF3O2/c1-26-10-8-19(14-29-15-21-7-2-3-9-25-21)12-23(26)16-27(17-23)22(28)20-6-4-5-18(11-20)13-24;2*3-2(4,5)1(6)7/h2-7,9,11,19H,8,10,12,14-17H2,1H3;2*(H,6,7). The van der Waals surface area contributed by atoms with E-state index in [1.165, 1.54) is 0 Å². The predicted molar refractivity (Wildman–Crippen MR) is 136 cm³/mol. The van der Waals surface area contributed by atoms with E-state index < -0.39 is 24.3 Å². The van der Waals surface area contributed by atoms with Crippen LogP contribution in [0.2, 0.25) is 0 Å². The summed E-state index contributed by atoms with van der Waals surface area (Å²) in [5.41, 5.74) is 2.11. The van der Waals surface area contributed by atoms with Crippen LogP contribution in [-0.4, -0.2) is 94.0 Å². The topological polar surface area (TPSA) is 144 Å². The van der Waals surface area contributed by atoms with Crippen molar-refractivity contribution in [2.45, 2.75) is 37.3 Å². The minimum atomic E-state index is -5.08. The van der Waals surface area contributed by atoms with Crippen LogP contribution in [0.4, 0.5) is 26.3 Å². The van der Waals surface area contributed by atoms with Crippen LogP contribution in [0.15, 0.2) is 48.7 Å². The summed E-state index contributed by atoms with van der Waals surface area (Å²) in [7, 11) is 2.16. The highest BCUT2D eigenvalue weighted by atomic mass is 19.4. The summed E-state index contributed by atoms with van der Waals surface area (Å²) in [5.74, 6) is -5.01. The third kappa shape index (κ3) is 10.5. The van der Waals surface area contributed by atoms with E-state index in [1.54, 1.807) is 30.5 Å². The summed E-state index contributed by atoms with van der Waals surface area (Å²) in [6.45, 7) is 3.75. The number of alkyl halides is 6. The summed E-state index contributed by atoms with van der Waals surface area (Å²) >= 11 is 0. The van der Waals surface area contributed by atoms with Crippen LogP contribution in [0.5, 0.6) is 0 Å². The molecular formula is C27H28F6N4O6. The molecule has 43 heavy (non-hydrogen) atoms. The highest BCUT2D eigenvalue weighted by Gasteiger charge is 2.51. The molecule has 0 aliphatic carbocycles. The molecule has 1 aromatic heterocycles. The molecule has 1 amide bonds. The van der Waals surface area contributed by atoms with Gasteiger partial charge in [-0.3, -0.25) is 14.7 Å². The van der Waals surface area contributed by atoms with Crippen LogP contribution in [0.3, 0.4) is 0 Å². The molecule has 0 saturated carbocycles. The quantitative estimate of drug-likeness (QED) is 0.476. The summed E-state index contributed by atoms with van der Waals surface area (Å²) in [4.78, 5) is 39.2. The van der Waals surface area contributed by atoms with Crippen molar-refractivity contribution in [3.05, 3.63) is 65.5 Å². The first-order chi connectivity index (χ1) is 20.0. The second kappa shape index (κ2) is 14.8. The van der Waals surface area contributed by atoms with Crippen molar-refractivity contribution >= 4 is 17.8 Å². The molecule has 10 nitrogen and oxygen atoms in total. The van der Waals surface area contributed by atoms with Gasteiger partial charge in [0.15, 0.2) is 0 Å². The molecule has 4 rings (SSSR count). The van der Waals surface area contributed by atoms with E-state index in [4.69, 9.17) is 29.8 Å². The van der Waals surface area contributed by atoms with Gasteiger partial charge in [0.05, 0.1) is 36.1 Å². The molecule has 16 heteroatoms. The summed E-state index contributed by atoms with van der Waals surface area (Å²) in [6, 6.07) is 14.9. The second-order valence-electron chi connectivity index (χ2n) is 9.80. The number of likely N-dealkylation sites (N-methyl/N-ethyl adjacent to an activating group) is 1. The Hall–Kier alpha value is -4.23. The number of rotatable bonds is 5. The smallest absolute Gasteiger partial charge is 0.475 e. The molecule has 234 valence electrons. The van der Waals surface area contributed by atoms with Crippen molar-refractivity contribution in [2.24, 2.45) is 5.92 Å². The minimum Gasteiger partial charge on any atom is -0.475 e. The third-order valence-electron chi connectivity index (χ3n) is 6.66. The van der Waals surface area contributed by atoms with Crippen molar-refractivity contribution in [1.29, 1.82) is 5.26 Å². The molecule has 2 aromatic rings. The molecule has 1 unspecified atom stereocenters. The molecule has 2 aliphatic rings. The average Bonchev–Trinajstić information content (AvgIpc) is 2.92. The van der Waals surface area contributed by atoms with E-state index in [-0.39, 0.29) is 11.4 Å². The largest absolute Gasteiger partial charge is 0.490 e. The first-order valence-electron chi connectivity index (χ1n) is 12.6. The van der Waals surface area contributed by atoms with Gasteiger partial charge in [-0.1, -0.05) is 12.1 Å². The molecule has 3 heterocycles. The van der Waals surface area contributed by atoms with Crippen LogP contribution in [0.1, 0.15) is 34.5 Å². The molecule has 2 saturated heterocycles. The van der Waals surface area contributed by atoms with Crippen LogP contribution in [0, 0.1) is 17.2 Å². The number of aromatic nitrogens is 1. The number of pyridine rings is 1. The number of nitriles is 1. The number of carbonyl (C=O) groups is 3. The Morgan fingerprint density at radius 2 is 1.65 bits per heavy atom. The van der Waals surface area contributed by atoms with Crippen molar-refractivity contribution < 1.29 is 55.7 Å². The highest BCUT2D eigenvalue weighted by molar-refractivity contribution is 5.95. The van der Waals surface area contributed by atoms with Gasteiger partial charge in [-0.15, -0.1) is 0 Å². The molecule has 2 N–H and O–H groups in total. The van der Waals surface area contributed by atoms with Crippen molar-refractivity contribution in [1.82, 2.24) is 14.8 Å². The van der Waals surface area contributed by atoms with Gasteiger partial charge in [-0.05, 0) is 62.7 Å². The first kappa shape index (κ1) is 35.0. The first-order valence-corrected chi connectivity index (χ1v) is 12.6. The van der Waals surface area contributed by atoms with Crippen LogP contribution in [0.25, 0.3) is 0 Å². The average molecular weight is 619 g/mol. The lowest BCUT2D eigenvalue weighted by atomic mass is 9.75.